The third-order valence-electron chi connectivity index (χ3n) is 4.61. The molecule has 0 aromatic rings. The third kappa shape index (κ3) is 3.45. The maximum absolute atomic E-state index is 11.7. The second kappa shape index (κ2) is 5.17. The van der Waals surface area contributed by atoms with E-state index in [1.807, 2.05) is 6.92 Å². The Kier molecular flexibility index (Phi) is 3.97. The Labute approximate surface area is 110 Å². The van der Waals surface area contributed by atoms with E-state index in [9.17, 15) is 4.79 Å². The summed E-state index contributed by atoms with van der Waals surface area (Å²) in [5.41, 5.74) is 5.02. The highest BCUT2D eigenvalue weighted by Gasteiger charge is 2.38. The highest BCUT2D eigenvalue weighted by atomic mass is 16.1. The first-order valence-corrected chi connectivity index (χ1v) is 7.20. The molecule has 1 amide bonds. The maximum Gasteiger partial charge on any atom is 0.237 e. The predicted molar refractivity (Wildman–Crippen MR) is 73.2 cm³/mol. The maximum atomic E-state index is 11.7. The van der Waals surface area contributed by atoms with Gasteiger partial charge in [-0.05, 0) is 58.9 Å². The first kappa shape index (κ1) is 13.8. The molecule has 4 heteroatoms. The van der Waals surface area contributed by atoms with Gasteiger partial charge in [0, 0.05) is 18.6 Å². The minimum absolute atomic E-state index is 0.220. The van der Waals surface area contributed by atoms with Gasteiger partial charge in [0.2, 0.25) is 5.91 Å². The van der Waals surface area contributed by atoms with Gasteiger partial charge in [0.25, 0.3) is 0 Å². The van der Waals surface area contributed by atoms with E-state index in [2.05, 4.69) is 24.2 Å². The summed E-state index contributed by atoms with van der Waals surface area (Å²) in [6.07, 6.45) is 5.87. The highest BCUT2D eigenvalue weighted by Crippen LogP contribution is 2.35. The van der Waals surface area contributed by atoms with Gasteiger partial charge in [0.05, 0.1) is 5.54 Å². The molecule has 0 aliphatic heterocycles. The fraction of sp³-hybridized carbons (Fsp3) is 0.929. The Balaban J connectivity index is 1.82. The molecular weight excluding hydrogens is 226 g/mol. The number of nitrogens with one attached hydrogen (secondary N) is 1. The van der Waals surface area contributed by atoms with E-state index in [1.165, 1.54) is 25.7 Å². The molecule has 104 valence electrons. The number of nitrogens with two attached hydrogens (primary N) is 1. The second-order valence-corrected chi connectivity index (χ2v) is 6.42. The van der Waals surface area contributed by atoms with Gasteiger partial charge in [-0.15, -0.1) is 0 Å². The van der Waals surface area contributed by atoms with E-state index in [-0.39, 0.29) is 5.91 Å². The van der Waals surface area contributed by atoms with Gasteiger partial charge < -0.3 is 16.0 Å². The number of hydrogen-bond donors (Lipinski definition) is 2. The van der Waals surface area contributed by atoms with E-state index >= 15 is 0 Å². The fourth-order valence-electron chi connectivity index (χ4n) is 2.49. The average molecular weight is 253 g/mol. The van der Waals surface area contributed by atoms with Crippen LogP contribution in [0.3, 0.4) is 0 Å². The first-order valence-electron chi connectivity index (χ1n) is 7.20. The van der Waals surface area contributed by atoms with Crippen LogP contribution in [-0.2, 0) is 4.79 Å². The lowest BCUT2D eigenvalue weighted by atomic mass is 9.96. The van der Waals surface area contributed by atoms with Crippen molar-refractivity contribution in [2.45, 2.75) is 63.6 Å². The molecule has 3 N–H and O–H groups in total. The van der Waals surface area contributed by atoms with Crippen molar-refractivity contribution in [3.63, 3.8) is 0 Å². The Morgan fingerprint density at radius 3 is 2.50 bits per heavy atom. The van der Waals surface area contributed by atoms with Crippen molar-refractivity contribution in [1.29, 1.82) is 0 Å². The summed E-state index contributed by atoms with van der Waals surface area (Å²) in [6.45, 7) is 5.16. The first-order chi connectivity index (χ1) is 8.42. The van der Waals surface area contributed by atoms with Gasteiger partial charge in [0.1, 0.15) is 0 Å². The number of nitrogens with zero attached hydrogens (tertiary/aromatic N) is 1. The molecule has 0 radical (unpaired) electrons. The van der Waals surface area contributed by atoms with Gasteiger partial charge in [0.15, 0.2) is 0 Å². The minimum atomic E-state index is -0.543. The summed E-state index contributed by atoms with van der Waals surface area (Å²) in [6, 6.07) is 1.14. The lowest BCUT2D eigenvalue weighted by molar-refractivity contribution is -0.124. The van der Waals surface area contributed by atoms with Gasteiger partial charge in [-0.25, -0.2) is 0 Å². The Hall–Kier alpha value is -0.610. The normalized spacial score (nSPS) is 24.9. The van der Waals surface area contributed by atoms with Gasteiger partial charge in [-0.2, -0.15) is 0 Å². The van der Waals surface area contributed by atoms with Crippen molar-refractivity contribution in [3.05, 3.63) is 0 Å². The standard InChI is InChI=1S/C14H27N3O/c1-10(11-4-5-11)17(3)9-8-14(2,13(15)18)16-12-6-7-12/h10-12,16H,4-9H2,1-3H3,(H2,15,18). The lowest BCUT2D eigenvalue weighted by Crippen LogP contribution is -2.55. The third-order valence-corrected chi connectivity index (χ3v) is 4.61. The summed E-state index contributed by atoms with van der Waals surface area (Å²) in [5, 5.41) is 3.40. The summed E-state index contributed by atoms with van der Waals surface area (Å²) < 4.78 is 0. The zero-order chi connectivity index (χ0) is 13.3. The van der Waals surface area contributed by atoms with Gasteiger partial charge in [-0.3, -0.25) is 4.79 Å². The molecule has 2 atom stereocenters. The number of hydrogen-bond acceptors (Lipinski definition) is 3. The Morgan fingerprint density at radius 1 is 1.44 bits per heavy atom. The zero-order valence-corrected chi connectivity index (χ0v) is 11.9. The molecule has 2 unspecified atom stereocenters. The molecule has 0 aromatic heterocycles. The molecular formula is C14H27N3O. The van der Waals surface area contributed by atoms with Crippen molar-refractivity contribution in [2.24, 2.45) is 11.7 Å². The largest absolute Gasteiger partial charge is 0.368 e. The van der Waals surface area contributed by atoms with Crippen molar-refractivity contribution >= 4 is 5.91 Å². The van der Waals surface area contributed by atoms with Crippen LogP contribution >= 0.6 is 0 Å². The number of carbonyl (C=O) groups is 1. The number of amides is 1. The number of carbonyl (C=O) groups excluding carboxylic acids is 1. The van der Waals surface area contributed by atoms with E-state index < -0.39 is 5.54 Å². The average Bonchev–Trinajstić information content (AvgIpc) is 3.16. The highest BCUT2D eigenvalue weighted by molar-refractivity contribution is 5.84. The van der Waals surface area contributed by atoms with Gasteiger partial charge in [-0.1, -0.05) is 0 Å². The predicted octanol–water partition coefficient (Wildman–Crippen LogP) is 1.10. The van der Waals surface area contributed by atoms with Crippen molar-refractivity contribution < 1.29 is 4.79 Å². The fourth-order valence-corrected chi connectivity index (χ4v) is 2.49. The molecule has 0 spiro atoms. The summed E-state index contributed by atoms with van der Waals surface area (Å²) in [4.78, 5) is 14.0. The minimum Gasteiger partial charge on any atom is -0.368 e. The molecule has 0 saturated heterocycles. The molecule has 0 heterocycles. The smallest absolute Gasteiger partial charge is 0.237 e. The molecule has 2 fully saturated rings. The SMILES string of the molecule is CC(C1CC1)N(C)CCC(C)(NC1CC1)C(N)=O. The number of rotatable bonds is 8. The van der Waals surface area contributed by atoms with Crippen LogP contribution in [0.2, 0.25) is 0 Å². The zero-order valence-electron chi connectivity index (χ0n) is 11.9. The van der Waals surface area contributed by atoms with Crippen LogP contribution in [-0.4, -0.2) is 42.0 Å². The molecule has 0 aromatic carbocycles. The number of primary amides is 1. The molecule has 2 aliphatic carbocycles. The van der Waals surface area contributed by atoms with Gasteiger partial charge >= 0.3 is 0 Å². The van der Waals surface area contributed by atoms with Crippen LogP contribution < -0.4 is 11.1 Å². The van der Waals surface area contributed by atoms with Crippen molar-refractivity contribution in [2.75, 3.05) is 13.6 Å². The van der Waals surface area contributed by atoms with Crippen LogP contribution in [0, 0.1) is 5.92 Å². The van der Waals surface area contributed by atoms with Crippen LogP contribution in [0.4, 0.5) is 0 Å². The summed E-state index contributed by atoms with van der Waals surface area (Å²) >= 11 is 0. The molecule has 18 heavy (non-hydrogen) atoms. The topological polar surface area (TPSA) is 58.4 Å². The molecule has 2 rings (SSSR count). The molecule has 0 bridgehead atoms. The summed E-state index contributed by atoms with van der Waals surface area (Å²) in [5.74, 6) is 0.646. The van der Waals surface area contributed by atoms with Crippen molar-refractivity contribution in [3.8, 4) is 0 Å². The molecule has 4 nitrogen and oxygen atoms in total. The Bertz CT molecular complexity index is 312. The Morgan fingerprint density at radius 2 is 2.06 bits per heavy atom. The van der Waals surface area contributed by atoms with Crippen LogP contribution in [0.15, 0.2) is 0 Å². The van der Waals surface area contributed by atoms with Crippen molar-refractivity contribution in [1.82, 2.24) is 10.2 Å². The van der Waals surface area contributed by atoms with E-state index in [1.54, 1.807) is 0 Å². The van der Waals surface area contributed by atoms with Crippen LogP contribution in [0.1, 0.15) is 46.0 Å². The van der Waals surface area contributed by atoms with E-state index in [0.717, 1.165) is 18.9 Å². The van der Waals surface area contributed by atoms with E-state index in [0.29, 0.717) is 12.1 Å². The monoisotopic (exact) mass is 253 g/mol. The molecule has 2 saturated carbocycles. The van der Waals surface area contributed by atoms with E-state index in [4.69, 9.17) is 5.73 Å². The lowest BCUT2D eigenvalue weighted by Gasteiger charge is -2.32. The van der Waals surface area contributed by atoms with Crippen LogP contribution in [0.25, 0.3) is 0 Å². The summed E-state index contributed by atoms with van der Waals surface area (Å²) in [7, 11) is 2.15. The van der Waals surface area contributed by atoms with Crippen LogP contribution in [0.5, 0.6) is 0 Å². The molecule has 2 aliphatic rings. The quantitative estimate of drug-likeness (QED) is 0.681. The second-order valence-electron chi connectivity index (χ2n) is 6.42.